The van der Waals surface area contributed by atoms with Gasteiger partial charge in [-0.3, -0.25) is 14.3 Å². The normalized spacial score (nSPS) is 16.0. The van der Waals surface area contributed by atoms with Gasteiger partial charge in [0.05, 0.1) is 17.0 Å². The lowest BCUT2D eigenvalue weighted by Crippen LogP contribution is -2.50. The van der Waals surface area contributed by atoms with Crippen molar-refractivity contribution in [2.75, 3.05) is 36.4 Å². The van der Waals surface area contributed by atoms with Crippen molar-refractivity contribution >= 4 is 22.5 Å². The number of alkyl halides is 2. The summed E-state index contributed by atoms with van der Waals surface area (Å²) in [6.07, 6.45) is -1.64. The summed E-state index contributed by atoms with van der Waals surface area (Å²) in [6.45, 7) is 9.31. The summed E-state index contributed by atoms with van der Waals surface area (Å²) in [5, 5.41) is 3.60. The van der Waals surface area contributed by atoms with Crippen molar-refractivity contribution in [3.05, 3.63) is 57.9 Å². The molecule has 0 saturated carbocycles. The van der Waals surface area contributed by atoms with Crippen LogP contribution in [0.2, 0.25) is 0 Å². The highest BCUT2D eigenvalue weighted by Gasteiger charge is 2.24. The van der Waals surface area contributed by atoms with Crippen molar-refractivity contribution in [1.29, 1.82) is 0 Å². The average molecular weight is 475 g/mol. The summed E-state index contributed by atoms with van der Waals surface area (Å²) < 4.78 is 42.6. The number of benzene rings is 1. The molecule has 0 radical (unpaired) electrons. The fourth-order valence-corrected chi connectivity index (χ4v) is 4.43. The molecule has 0 amide bonds. The maximum atomic E-state index is 14.7. The zero-order chi connectivity index (χ0) is 24.6. The molecule has 1 aromatic carbocycles. The van der Waals surface area contributed by atoms with Gasteiger partial charge in [0, 0.05) is 44.8 Å². The minimum Gasteiger partial charge on any atom is -0.363 e. The molecule has 4 rings (SSSR count). The molecule has 0 spiro atoms. The number of nitrogens with zero attached hydrogens (tertiary/aromatic N) is 5. The Morgan fingerprint density at radius 3 is 2.35 bits per heavy atom. The first kappa shape index (κ1) is 24.0. The van der Waals surface area contributed by atoms with E-state index in [4.69, 9.17) is 0 Å². The Kier molecular flexibility index (Phi) is 6.79. The molecule has 0 aliphatic carbocycles. The third-order valence-electron chi connectivity index (χ3n) is 6.49. The lowest BCUT2D eigenvalue weighted by molar-refractivity contribution is 0.146. The van der Waals surface area contributed by atoms with Gasteiger partial charge in [0.2, 0.25) is 0 Å². The number of nitrogens with one attached hydrogen (secondary N) is 1. The Balaban J connectivity index is 1.70. The molecule has 1 atom stereocenters. The van der Waals surface area contributed by atoms with Crippen LogP contribution in [0.5, 0.6) is 0 Å². The van der Waals surface area contributed by atoms with Crippen LogP contribution >= 0.6 is 0 Å². The summed E-state index contributed by atoms with van der Waals surface area (Å²) in [5.41, 5.74) is -0.574. The molecule has 3 aromatic rings. The molecule has 1 saturated heterocycles. The number of pyridine rings is 1. The zero-order valence-electron chi connectivity index (χ0n) is 19.7. The topological polar surface area (TPSA) is 66.3 Å². The van der Waals surface area contributed by atoms with Crippen LogP contribution in [0.25, 0.3) is 10.9 Å². The van der Waals surface area contributed by atoms with Gasteiger partial charge in [0.25, 0.3) is 12.0 Å². The fourth-order valence-electron chi connectivity index (χ4n) is 4.43. The molecule has 34 heavy (non-hydrogen) atoms. The van der Waals surface area contributed by atoms with Crippen LogP contribution in [-0.2, 0) is 7.05 Å². The van der Waals surface area contributed by atoms with E-state index in [0.717, 1.165) is 38.1 Å². The van der Waals surface area contributed by atoms with Crippen LogP contribution in [-0.4, -0.2) is 51.7 Å². The molecule has 7 nitrogen and oxygen atoms in total. The van der Waals surface area contributed by atoms with Crippen molar-refractivity contribution in [2.24, 2.45) is 7.05 Å². The minimum absolute atomic E-state index is 0.0958. The van der Waals surface area contributed by atoms with Crippen LogP contribution in [0.3, 0.4) is 0 Å². The van der Waals surface area contributed by atoms with Crippen molar-refractivity contribution in [3.8, 4) is 0 Å². The summed E-state index contributed by atoms with van der Waals surface area (Å²) in [7, 11) is 1.72. The molecular weight excluding hydrogens is 445 g/mol. The van der Waals surface area contributed by atoms with Crippen molar-refractivity contribution < 1.29 is 13.2 Å². The summed E-state index contributed by atoms with van der Waals surface area (Å²) in [5.74, 6) is 0.145. The van der Waals surface area contributed by atoms with E-state index in [1.807, 2.05) is 6.07 Å². The summed E-state index contributed by atoms with van der Waals surface area (Å²) in [4.78, 5) is 26.1. The zero-order valence-corrected chi connectivity index (χ0v) is 19.7. The largest absolute Gasteiger partial charge is 0.363 e. The van der Waals surface area contributed by atoms with Crippen LogP contribution in [0.4, 0.5) is 24.8 Å². The highest BCUT2D eigenvalue weighted by Crippen LogP contribution is 2.30. The van der Waals surface area contributed by atoms with Gasteiger partial charge in [-0.1, -0.05) is 18.2 Å². The highest BCUT2D eigenvalue weighted by atomic mass is 19.3. The van der Waals surface area contributed by atoms with Gasteiger partial charge < -0.3 is 10.2 Å². The second-order valence-corrected chi connectivity index (χ2v) is 8.89. The van der Waals surface area contributed by atoms with Gasteiger partial charge in [-0.2, -0.15) is 0 Å². The predicted molar refractivity (Wildman–Crippen MR) is 127 cm³/mol. The number of rotatable bonds is 6. The number of hydrogen-bond donors (Lipinski definition) is 1. The Morgan fingerprint density at radius 2 is 1.71 bits per heavy atom. The number of anilines is 2. The quantitative estimate of drug-likeness (QED) is 0.580. The monoisotopic (exact) mass is 474 g/mol. The molecule has 1 N–H and O–H groups in total. The van der Waals surface area contributed by atoms with Gasteiger partial charge in [-0.25, -0.2) is 23.1 Å². The van der Waals surface area contributed by atoms with E-state index in [2.05, 4.69) is 38.9 Å². The SMILES string of the molecule is CC(C)N1CCN(c2cc3c(N[C@H](C)c4cccc(C(F)F)c4F)ncnc3c(=O)n2C)CC1. The van der Waals surface area contributed by atoms with Crippen LogP contribution in [0.1, 0.15) is 44.4 Å². The van der Waals surface area contributed by atoms with Gasteiger partial charge in [0.1, 0.15) is 29.3 Å². The number of piperazine rings is 1. The summed E-state index contributed by atoms with van der Waals surface area (Å²) in [6, 6.07) is 5.59. The van der Waals surface area contributed by atoms with Gasteiger partial charge >= 0.3 is 0 Å². The van der Waals surface area contributed by atoms with Crippen molar-refractivity contribution in [3.63, 3.8) is 0 Å². The molecular formula is C24H29F3N6O. The number of fused-ring (bicyclic) bond motifs is 1. The van der Waals surface area contributed by atoms with Crippen LogP contribution < -0.4 is 15.8 Å². The molecule has 0 bridgehead atoms. The third-order valence-corrected chi connectivity index (χ3v) is 6.49. The van der Waals surface area contributed by atoms with E-state index >= 15 is 0 Å². The molecule has 1 fully saturated rings. The predicted octanol–water partition coefficient (Wildman–Crippen LogP) is 4.11. The Hall–Kier alpha value is -3.14. The fraction of sp³-hybridized carbons (Fsp3) is 0.458. The van der Waals surface area contributed by atoms with E-state index in [0.29, 0.717) is 17.2 Å². The second kappa shape index (κ2) is 9.61. The number of halogens is 3. The Bertz CT molecular complexity index is 1240. The highest BCUT2D eigenvalue weighted by molar-refractivity contribution is 5.90. The summed E-state index contributed by atoms with van der Waals surface area (Å²) >= 11 is 0. The van der Waals surface area contributed by atoms with E-state index in [1.165, 1.54) is 18.5 Å². The lowest BCUT2D eigenvalue weighted by atomic mass is 10.0. The lowest BCUT2D eigenvalue weighted by Gasteiger charge is -2.38. The van der Waals surface area contributed by atoms with Crippen molar-refractivity contribution in [2.45, 2.75) is 39.3 Å². The third kappa shape index (κ3) is 4.46. The van der Waals surface area contributed by atoms with Crippen LogP contribution in [0.15, 0.2) is 35.4 Å². The van der Waals surface area contributed by atoms with E-state index in [9.17, 15) is 18.0 Å². The average Bonchev–Trinajstić information content (AvgIpc) is 2.81. The van der Waals surface area contributed by atoms with Gasteiger partial charge in [-0.15, -0.1) is 0 Å². The Labute approximate surface area is 196 Å². The van der Waals surface area contributed by atoms with E-state index < -0.39 is 23.8 Å². The molecule has 1 aliphatic heterocycles. The van der Waals surface area contributed by atoms with Gasteiger partial charge in [0.15, 0.2) is 0 Å². The van der Waals surface area contributed by atoms with Gasteiger partial charge in [-0.05, 0) is 26.8 Å². The molecule has 10 heteroatoms. The Morgan fingerprint density at radius 1 is 1.03 bits per heavy atom. The maximum Gasteiger partial charge on any atom is 0.278 e. The second-order valence-electron chi connectivity index (χ2n) is 8.89. The number of aromatic nitrogens is 3. The van der Waals surface area contributed by atoms with Crippen molar-refractivity contribution in [1.82, 2.24) is 19.4 Å². The van der Waals surface area contributed by atoms with E-state index in [1.54, 1.807) is 18.5 Å². The smallest absolute Gasteiger partial charge is 0.278 e. The molecule has 182 valence electrons. The molecule has 3 heterocycles. The maximum absolute atomic E-state index is 14.7. The first-order valence-corrected chi connectivity index (χ1v) is 11.4. The molecule has 1 aliphatic rings. The minimum atomic E-state index is -2.91. The first-order chi connectivity index (χ1) is 16.2. The van der Waals surface area contributed by atoms with E-state index in [-0.39, 0.29) is 16.6 Å². The number of hydrogen-bond acceptors (Lipinski definition) is 6. The standard InChI is InChI=1S/C24H29F3N6O/c1-14(2)32-8-10-33(11-9-32)19-12-18-21(24(34)31(19)4)28-13-29-23(18)30-15(3)16-6-5-7-17(20(16)25)22(26)27/h5-7,12-15,22H,8-11H2,1-4H3,(H,28,29,30)/t15-/m1/s1. The van der Waals surface area contributed by atoms with Crippen LogP contribution in [0, 0.1) is 5.82 Å². The first-order valence-electron chi connectivity index (χ1n) is 11.4. The molecule has 2 aromatic heterocycles. The molecule has 0 unspecified atom stereocenters.